The highest BCUT2D eigenvalue weighted by atomic mass is 31.2. The molecule has 0 fully saturated rings. The molecular formula is C83H148O17P2. The number of esters is 4. The monoisotopic (exact) mass is 1480 g/mol. The predicted octanol–water partition coefficient (Wildman–Crippen LogP) is 23.8. The van der Waals surface area contributed by atoms with Crippen LogP contribution in [0.25, 0.3) is 0 Å². The average Bonchev–Trinajstić information content (AvgIpc) is 0.923. The minimum Gasteiger partial charge on any atom is -0.462 e. The SMILES string of the molecule is CCCCC/C=C\C/C=C\C/C=C\C/C=C\CCCC(=O)OC[C@H](COP(=O)(O)OC[C@@H](O)COP(=O)(O)OC[C@@H](COC(=O)CCCCCCCCC/C=C\CCCCCC)OC(=O)CCCCCCCCC/C=C\CCCCCC)OC(=O)CCCCCCC/C=C\CCCCCCCC. The summed E-state index contributed by atoms with van der Waals surface area (Å²) in [5.41, 5.74) is 0. The molecule has 2 unspecified atom stereocenters. The minimum atomic E-state index is -4.99. The van der Waals surface area contributed by atoms with Gasteiger partial charge in [0, 0.05) is 25.7 Å². The maximum atomic E-state index is 13.1. The summed E-state index contributed by atoms with van der Waals surface area (Å²) in [5.74, 6) is -2.24. The number of hydrogen-bond acceptors (Lipinski definition) is 15. The number of carbonyl (C=O) groups excluding carboxylic acids is 4. The van der Waals surface area contributed by atoms with E-state index in [9.17, 15) is 43.2 Å². The molecule has 0 heterocycles. The highest BCUT2D eigenvalue weighted by Gasteiger charge is 2.30. The first-order chi connectivity index (χ1) is 49.7. The molecule has 0 aromatic rings. The molecule has 0 radical (unpaired) electrons. The summed E-state index contributed by atoms with van der Waals surface area (Å²) in [7, 11) is -9.97. The number of aliphatic hydroxyl groups is 1. The molecule has 0 saturated heterocycles. The topological polar surface area (TPSA) is 237 Å². The Morgan fingerprint density at radius 1 is 0.275 bits per heavy atom. The van der Waals surface area contributed by atoms with Crippen LogP contribution in [0.2, 0.25) is 0 Å². The van der Waals surface area contributed by atoms with Gasteiger partial charge in [-0.05, 0) is 141 Å². The van der Waals surface area contributed by atoms with Crippen LogP contribution in [-0.4, -0.2) is 96.7 Å². The molecule has 0 aliphatic heterocycles. The number of phosphoric acid groups is 2. The quantitative estimate of drug-likeness (QED) is 0.0169. The first-order valence-corrected chi connectivity index (χ1v) is 43.8. The maximum absolute atomic E-state index is 13.1. The van der Waals surface area contributed by atoms with Crippen LogP contribution in [0.4, 0.5) is 0 Å². The minimum absolute atomic E-state index is 0.0750. The van der Waals surface area contributed by atoms with E-state index >= 15 is 0 Å². The molecule has 0 aliphatic rings. The molecule has 0 amide bonds. The molecule has 5 atom stereocenters. The largest absolute Gasteiger partial charge is 0.472 e. The zero-order valence-electron chi connectivity index (χ0n) is 64.8. The molecule has 0 aliphatic carbocycles. The fourth-order valence-electron chi connectivity index (χ4n) is 11.0. The first kappa shape index (κ1) is 98.2. The van der Waals surface area contributed by atoms with Crippen LogP contribution >= 0.6 is 15.6 Å². The van der Waals surface area contributed by atoms with Gasteiger partial charge in [-0.25, -0.2) is 9.13 Å². The second-order valence-corrected chi connectivity index (χ2v) is 30.3. The molecule has 19 heteroatoms. The van der Waals surface area contributed by atoms with Gasteiger partial charge in [-0.3, -0.25) is 37.3 Å². The van der Waals surface area contributed by atoms with E-state index in [0.717, 1.165) is 154 Å². The van der Waals surface area contributed by atoms with Gasteiger partial charge in [-0.15, -0.1) is 0 Å². The number of hydrogen-bond donors (Lipinski definition) is 3. The lowest BCUT2D eigenvalue weighted by Gasteiger charge is -2.21. The molecule has 3 N–H and O–H groups in total. The smallest absolute Gasteiger partial charge is 0.462 e. The van der Waals surface area contributed by atoms with Crippen molar-refractivity contribution < 1.29 is 80.2 Å². The molecule has 102 heavy (non-hydrogen) atoms. The number of carbonyl (C=O) groups is 4. The second kappa shape index (κ2) is 75.5. The summed E-state index contributed by atoms with van der Waals surface area (Å²) in [6.07, 6.45) is 78.4. The number of unbranched alkanes of at least 4 members (excludes halogenated alkanes) is 37. The zero-order chi connectivity index (χ0) is 74.6. The Bertz CT molecular complexity index is 2260. The van der Waals surface area contributed by atoms with Crippen molar-refractivity contribution >= 4 is 39.5 Å². The summed E-state index contributed by atoms with van der Waals surface area (Å²) < 4.78 is 68.6. The number of allylic oxidation sites excluding steroid dienone is 14. The van der Waals surface area contributed by atoms with Gasteiger partial charge in [0.2, 0.25) is 0 Å². The molecular weight excluding hydrogens is 1330 g/mol. The van der Waals surface area contributed by atoms with E-state index in [0.29, 0.717) is 32.1 Å². The summed E-state index contributed by atoms with van der Waals surface area (Å²) >= 11 is 0. The van der Waals surface area contributed by atoms with E-state index < -0.39 is 97.5 Å². The summed E-state index contributed by atoms with van der Waals surface area (Å²) in [6.45, 7) is 4.79. The van der Waals surface area contributed by atoms with E-state index in [1.807, 2.05) is 12.2 Å². The Hall–Kier alpha value is -3.76. The van der Waals surface area contributed by atoms with Gasteiger partial charge in [-0.2, -0.15) is 0 Å². The van der Waals surface area contributed by atoms with Gasteiger partial charge in [0.05, 0.1) is 26.4 Å². The third kappa shape index (κ3) is 74.5. The average molecular weight is 1480 g/mol. The molecule has 0 aromatic carbocycles. The van der Waals surface area contributed by atoms with Crippen molar-refractivity contribution in [1.29, 1.82) is 0 Å². The Balaban J connectivity index is 5.40. The lowest BCUT2D eigenvalue weighted by atomic mass is 10.1. The van der Waals surface area contributed by atoms with Crippen molar-refractivity contribution in [3.05, 3.63) is 85.1 Å². The first-order valence-electron chi connectivity index (χ1n) is 40.8. The summed E-state index contributed by atoms with van der Waals surface area (Å²) in [6, 6.07) is 0. The highest BCUT2D eigenvalue weighted by molar-refractivity contribution is 7.47. The fourth-order valence-corrected chi connectivity index (χ4v) is 12.6. The lowest BCUT2D eigenvalue weighted by Crippen LogP contribution is -2.30. The third-order valence-corrected chi connectivity index (χ3v) is 19.2. The van der Waals surface area contributed by atoms with Crippen molar-refractivity contribution in [3.63, 3.8) is 0 Å². The van der Waals surface area contributed by atoms with E-state index in [2.05, 4.69) is 101 Å². The van der Waals surface area contributed by atoms with Gasteiger partial charge in [-0.1, -0.05) is 280 Å². The van der Waals surface area contributed by atoms with Gasteiger partial charge in [0.1, 0.15) is 19.3 Å². The normalized spacial score (nSPS) is 14.3. The number of ether oxygens (including phenoxy) is 4. The highest BCUT2D eigenvalue weighted by Crippen LogP contribution is 2.45. The Kier molecular flexibility index (Phi) is 72.7. The fraction of sp³-hybridized carbons (Fsp3) is 0.783. The van der Waals surface area contributed by atoms with Gasteiger partial charge >= 0.3 is 39.5 Å². The second-order valence-electron chi connectivity index (χ2n) is 27.3. The molecule has 0 spiro atoms. The molecule has 0 rings (SSSR count). The van der Waals surface area contributed by atoms with Crippen LogP contribution in [0.3, 0.4) is 0 Å². The Morgan fingerprint density at radius 2 is 0.490 bits per heavy atom. The summed E-state index contributed by atoms with van der Waals surface area (Å²) in [5, 5.41) is 10.6. The van der Waals surface area contributed by atoms with Crippen molar-refractivity contribution in [3.8, 4) is 0 Å². The van der Waals surface area contributed by atoms with E-state index in [1.165, 1.54) is 122 Å². The molecule has 0 saturated carbocycles. The molecule has 592 valence electrons. The Morgan fingerprint density at radius 3 is 0.814 bits per heavy atom. The van der Waals surface area contributed by atoms with Gasteiger partial charge < -0.3 is 33.8 Å². The standard InChI is InChI=1S/C83H148O17P2/c1-5-9-13-17-21-25-29-33-37-38-42-44-48-52-56-60-64-68-81(86)94-74-79(100-83(88)70-66-62-58-54-50-46-41-36-32-28-24-20-16-12-8-4)76-98-102(91,92)96-72-77(84)71-95-101(89,90)97-75-78(99-82(87)69-65-61-57-53-49-45-40-35-31-27-23-19-15-11-7-3)73-93-80(85)67-63-59-55-51-47-43-39-34-30-26-22-18-14-10-6-2/h21,25-27,30-31,33,36-37,41-42,44,52,56,77-79,84H,5-20,22-24,28-29,32,34-35,38-40,43,45-51,53-55,57-76H2,1-4H3,(H,89,90)(H,91,92)/b25-21-,30-26-,31-27-,37-33-,41-36-,44-42-,56-52-/t77-,78+,79+/m0/s1. The maximum Gasteiger partial charge on any atom is 0.472 e. The number of aliphatic hydroxyl groups excluding tert-OH is 1. The van der Waals surface area contributed by atoms with Crippen LogP contribution in [-0.2, 0) is 65.4 Å². The van der Waals surface area contributed by atoms with E-state index in [-0.39, 0.29) is 25.7 Å². The molecule has 17 nitrogen and oxygen atoms in total. The van der Waals surface area contributed by atoms with Crippen LogP contribution in [0, 0.1) is 0 Å². The van der Waals surface area contributed by atoms with Crippen LogP contribution in [0.1, 0.15) is 362 Å². The van der Waals surface area contributed by atoms with Gasteiger partial charge in [0.15, 0.2) is 12.2 Å². The predicted molar refractivity (Wildman–Crippen MR) is 418 cm³/mol. The van der Waals surface area contributed by atoms with Crippen LogP contribution in [0.15, 0.2) is 85.1 Å². The van der Waals surface area contributed by atoms with E-state index in [1.54, 1.807) is 0 Å². The van der Waals surface area contributed by atoms with Crippen molar-refractivity contribution in [2.24, 2.45) is 0 Å². The molecule has 0 bridgehead atoms. The molecule has 0 aromatic heterocycles. The van der Waals surface area contributed by atoms with Crippen LogP contribution in [0.5, 0.6) is 0 Å². The third-order valence-electron chi connectivity index (χ3n) is 17.3. The Labute approximate surface area is 621 Å². The number of rotatable bonds is 77. The lowest BCUT2D eigenvalue weighted by molar-refractivity contribution is -0.161. The van der Waals surface area contributed by atoms with Gasteiger partial charge in [0.25, 0.3) is 0 Å². The van der Waals surface area contributed by atoms with Crippen LogP contribution < -0.4 is 0 Å². The number of phosphoric ester groups is 2. The summed E-state index contributed by atoms with van der Waals surface area (Å²) in [4.78, 5) is 73.0. The van der Waals surface area contributed by atoms with Crippen molar-refractivity contribution in [2.75, 3.05) is 39.6 Å². The van der Waals surface area contributed by atoms with Crippen molar-refractivity contribution in [2.45, 2.75) is 380 Å². The zero-order valence-corrected chi connectivity index (χ0v) is 66.6. The van der Waals surface area contributed by atoms with E-state index in [4.69, 9.17) is 37.0 Å². The van der Waals surface area contributed by atoms with Crippen molar-refractivity contribution in [1.82, 2.24) is 0 Å².